The second-order valence-electron chi connectivity index (χ2n) is 11.3. The van der Waals surface area contributed by atoms with E-state index in [1.807, 2.05) is 11.3 Å². The topological polar surface area (TPSA) is 3.24 Å². The number of thiophene rings is 1. The zero-order chi connectivity index (χ0) is 29.0. The van der Waals surface area contributed by atoms with Gasteiger partial charge in [-0.05, 0) is 80.5 Å². The van der Waals surface area contributed by atoms with Gasteiger partial charge < -0.3 is 4.90 Å². The highest BCUT2D eigenvalue weighted by molar-refractivity contribution is 7.26. The van der Waals surface area contributed by atoms with Gasteiger partial charge in [-0.1, -0.05) is 121 Å². The van der Waals surface area contributed by atoms with Gasteiger partial charge >= 0.3 is 0 Å². The van der Waals surface area contributed by atoms with Gasteiger partial charge in [0.1, 0.15) is 0 Å². The third-order valence-electron chi connectivity index (χ3n) is 8.81. The normalized spacial score (nSPS) is 11.6. The Morgan fingerprint density at radius 2 is 1.07 bits per heavy atom. The van der Waals surface area contributed by atoms with E-state index in [0.29, 0.717) is 0 Å². The van der Waals surface area contributed by atoms with Crippen molar-refractivity contribution in [2.75, 3.05) is 4.90 Å². The molecule has 1 nitrogen and oxygen atoms in total. The number of benzene rings is 8. The maximum Gasteiger partial charge on any atom is 0.0554 e. The molecule has 0 saturated heterocycles. The van der Waals surface area contributed by atoms with Crippen LogP contribution in [0.5, 0.6) is 0 Å². The second-order valence-corrected chi connectivity index (χ2v) is 12.4. The molecule has 0 bridgehead atoms. The molecule has 8 aromatic carbocycles. The molecule has 0 unspecified atom stereocenters. The van der Waals surface area contributed by atoms with Gasteiger partial charge in [0.05, 0.1) is 5.69 Å². The summed E-state index contributed by atoms with van der Waals surface area (Å²) in [5, 5.41) is 10.2. The van der Waals surface area contributed by atoms with Gasteiger partial charge in [0.2, 0.25) is 0 Å². The molecule has 9 aromatic rings. The maximum atomic E-state index is 2.45. The van der Waals surface area contributed by atoms with Crippen molar-refractivity contribution < 1.29 is 0 Å². The molecule has 0 amide bonds. The predicted molar refractivity (Wildman–Crippen MR) is 192 cm³/mol. The minimum absolute atomic E-state index is 1.14. The lowest BCUT2D eigenvalue weighted by atomic mass is 9.92. The summed E-state index contributed by atoms with van der Waals surface area (Å²) < 4.78 is 2.62. The van der Waals surface area contributed by atoms with Crippen LogP contribution in [0, 0.1) is 0 Å². The molecule has 0 N–H and O–H groups in total. The highest BCUT2D eigenvalue weighted by atomic mass is 32.1. The molecule has 1 aromatic heterocycles. The Morgan fingerprint density at radius 3 is 1.93 bits per heavy atom. The average Bonchev–Trinajstić information content (AvgIpc) is 3.48. The van der Waals surface area contributed by atoms with Gasteiger partial charge in [-0.15, -0.1) is 11.3 Å². The third kappa shape index (κ3) is 3.92. The molecule has 0 radical (unpaired) electrons. The summed E-state index contributed by atoms with van der Waals surface area (Å²) in [5.74, 6) is 0. The van der Waals surface area contributed by atoms with Gasteiger partial charge in [-0.25, -0.2) is 0 Å². The van der Waals surface area contributed by atoms with E-state index in [0.717, 1.165) is 11.4 Å². The Kier molecular flexibility index (Phi) is 5.75. The number of nitrogens with zero attached hydrogens (tertiary/aromatic N) is 1. The van der Waals surface area contributed by atoms with Crippen LogP contribution in [-0.4, -0.2) is 0 Å². The molecule has 0 aliphatic rings. The minimum Gasteiger partial charge on any atom is -0.310 e. The smallest absolute Gasteiger partial charge is 0.0554 e. The molecule has 0 aliphatic heterocycles. The van der Waals surface area contributed by atoms with Gasteiger partial charge in [-0.3, -0.25) is 0 Å². The van der Waals surface area contributed by atoms with Crippen molar-refractivity contribution in [3.8, 4) is 11.1 Å². The molecule has 9 rings (SSSR count). The van der Waals surface area contributed by atoms with Crippen molar-refractivity contribution in [2.45, 2.75) is 0 Å². The Labute approximate surface area is 259 Å². The monoisotopic (exact) mass is 577 g/mol. The highest BCUT2D eigenvalue weighted by Crippen LogP contribution is 2.49. The van der Waals surface area contributed by atoms with Crippen LogP contribution in [0.15, 0.2) is 164 Å². The fourth-order valence-corrected chi connectivity index (χ4v) is 8.06. The maximum absolute atomic E-state index is 2.45. The Balaban J connectivity index is 1.38. The van der Waals surface area contributed by atoms with Crippen molar-refractivity contribution in [1.29, 1.82) is 0 Å². The first kappa shape index (κ1) is 25.1. The third-order valence-corrected chi connectivity index (χ3v) is 10.0. The summed E-state index contributed by atoms with van der Waals surface area (Å²) in [6, 6.07) is 59.7. The van der Waals surface area contributed by atoms with Crippen LogP contribution in [0.2, 0.25) is 0 Å². The number of hydrogen-bond acceptors (Lipinski definition) is 2. The standard InChI is InChI=1S/C42H27NS/c1-2-16-31(17-3-1)43(32-25-24-28-12-4-5-14-30(28)26-32)39-22-11-23-40-41(39)38-27-37(35-19-8-9-20-36(35)42(38)44-40)34-21-10-15-29-13-6-7-18-33(29)34/h1-27H. The van der Waals surface area contributed by atoms with Crippen molar-refractivity contribution in [2.24, 2.45) is 0 Å². The first-order valence-corrected chi connectivity index (χ1v) is 15.8. The molecule has 44 heavy (non-hydrogen) atoms. The van der Waals surface area contributed by atoms with E-state index in [-0.39, 0.29) is 0 Å². The summed E-state index contributed by atoms with van der Waals surface area (Å²) in [4.78, 5) is 2.42. The van der Waals surface area contributed by atoms with Crippen LogP contribution in [0.4, 0.5) is 17.1 Å². The molecule has 0 saturated carbocycles. The number of para-hydroxylation sites is 1. The number of anilines is 3. The molecular weight excluding hydrogens is 551 g/mol. The minimum atomic E-state index is 1.14. The van der Waals surface area contributed by atoms with E-state index >= 15 is 0 Å². The number of hydrogen-bond donors (Lipinski definition) is 0. The average molecular weight is 578 g/mol. The van der Waals surface area contributed by atoms with Crippen molar-refractivity contribution in [1.82, 2.24) is 0 Å². The Bertz CT molecular complexity index is 2500. The second kappa shape index (κ2) is 10.1. The summed E-state index contributed by atoms with van der Waals surface area (Å²) in [7, 11) is 0. The fourth-order valence-electron chi connectivity index (χ4n) is 6.82. The van der Waals surface area contributed by atoms with Crippen LogP contribution < -0.4 is 4.90 Å². The molecule has 206 valence electrons. The van der Waals surface area contributed by atoms with E-state index in [1.54, 1.807) is 0 Å². The number of rotatable bonds is 4. The highest BCUT2D eigenvalue weighted by Gasteiger charge is 2.21. The molecule has 0 spiro atoms. The largest absolute Gasteiger partial charge is 0.310 e. The lowest BCUT2D eigenvalue weighted by molar-refractivity contribution is 1.31. The quantitative estimate of drug-likeness (QED) is 0.201. The Morgan fingerprint density at radius 1 is 0.386 bits per heavy atom. The van der Waals surface area contributed by atoms with Gasteiger partial charge in [0.15, 0.2) is 0 Å². The summed E-state index contributed by atoms with van der Waals surface area (Å²) >= 11 is 1.90. The molecule has 0 atom stereocenters. The first-order chi connectivity index (χ1) is 21.8. The first-order valence-electron chi connectivity index (χ1n) is 15.0. The van der Waals surface area contributed by atoms with Crippen molar-refractivity contribution in [3.05, 3.63) is 164 Å². The molecule has 1 heterocycles. The molecular formula is C42H27NS. The predicted octanol–water partition coefficient (Wildman–Crippen LogP) is 12.7. The zero-order valence-electron chi connectivity index (χ0n) is 23.9. The Hall–Kier alpha value is -5.44. The SMILES string of the molecule is c1ccc(N(c2ccc3ccccc3c2)c2cccc3sc4c5ccccc5c(-c5cccc6ccccc56)cc4c23)cc1. The van der Waals surface area contributed by atoms with Gasteiger partial charge in [0, 0.05) is 36.9 Å². The van der Waals surface area contributed by atoms with E-state index in [1.165, 1.54) is 69.3 Å². The molecule has 0 aliphatic carbocycles. The summed E-state index contributed by atoms with van der Waals surface area (Å²) in [6.07, 6.45) is 0. The fraction of sp³-hybridized carbons (Fsp3) is 0. The van der Waals surface area contributed by atoms with Crippen LogP contribution >= 0.6 is 11.3 Å². The van der Waals surface area contributed by atoms with E-state index < -0.39 is 0 Å². The van der Waals surface area contributed by atoms with Crippen molar-refractivity contribution in [3.63, 3.8) is 0 Å². The van der Waals surface area contributed by atoms with Crippen LogP contribution in [0.25, 0.3) is 63.6 Å². The van der Waals surface area contributed by atoms with Gasteiger partial charge in [-0.2, -0.15) is 0 Å². The molecule has 2 heteroatoms. The summed E-state index contributed by atoms with van der Waals surface area (Å²) in [5.41, 5.74) is 6.03. The van der Waals surface area contributed by atoms with E-state index in [2.05, 4.69) is 169 Å². The van der Waals surface area contributed by atoms with Crippen molar-refractivity contribution >= 4 is 80.9 Å². The lowest BCUT2D eigenvalue weighted by Gasteiger charge is -2.27. The van der Waals surface area contributed by atoms with Crippen LogP contribution in [0.3, 0.4) is 0 Å². The van der Waals surface area contributed by atoms with Crippen LogP contribution in [0.1, 0.15) is 0 Å². The van der Waals surface area contributed by atoms with E-state index in [4.69, 9.17) is 0 Å². The van der Waals surface area contributed by atoms with Crippen LogP contribution in [-0.2, 0) is 0 Å². The van der Waals surface area contributed by atoms with E-state index in [9.17, 15) is 0 Å². The lowest BCUT2D eigenvalue weighted by Crippen LogP contribution is -2.10. The zero-order valence-corrected chi connectivity index (χ0v) is 24.8. The summed E-state index contributed by atoms with van der Waals surface area (Å²) in [6.45, 7) is 0. The molecule has 0 fully saturated rings. The van der Waals surface area contributed by atoms with Gasteiger partial charge in [0.25, 0.3) is 0 Å². The number of fused-ring (bicyclic) bond motifs is 7.